The number of hydrogen-bond acceptors (Lipinski definition) is 8. The average Bonchev–Trinajstić information content (AvgIpc) is 3.37. The number of aromatic nitrogens is 2. The highest BCUT2D eigenvalue weighted by molar-refractivity contribution is 5.78. The fourth-order valence-corrected chi connectivity index (χ4v) is 4.44. The lowest BCUT2D eigenvalue weighted by Gasteiger charge is -2.30. The van der Waals surface area contributed by atoms with Crippen LogP contribution in [0.25, 0.3) is 11.4 Å². The molecule has 0 atom stereocenters. The third-order valence-electron chi connectivity index (χ3n) is 6.52. The highest BCUT2D eigenvalue weighted by atomic mass is 16.5. The minimum atomic E-state index is 0.0469. The van der Waals surface area contributed by atoms with Gasteiger partial charge in [-0.25, -0.2) is 0 Å². The number of benzene rings is 2. The van der Waals surface area contributed by atoms with Gasteiger partial charge in [0.05, 0.1) is 20.8 Å². The molecular formula is C27H35N5O4. The molecule has 1 amide bonds. The van der Waals surface area contributed by atoms with Crippen molar-refractivity contribution < 1.29 is 18.8 Å². The summed E-state index contributed by atoms with van der Waals surface area (Å²) in [6.45, 7) is 4.56. The number of nitrogens with one attached hydrogen (secondary N) is 1. The first-order chi connectivity index (χ1) is 17.6. The SMILES string of the molecule is COc1ccc(-c2noc(CN3CCC(C(=O)NCCN(C)Cc4ccccc4)CC3)n2)cc1OC. The molecule has 3 aromatic rings. The summed E-state index contributed by atoms with van der Waals surface area (Å²) in [6.07, 6.45) is 1.64. The number of carbonyl (C=O) groups is 1. The second kappa shape index (κ2) is 12.5. The van der Waals surface area contributed by atoms with Crippen LogP contribution < -0.4 is 14.8 Å². The molecule has 2 heterocycles. The highest BCUT2D eigenvalue weighted by Gasteiger charge is 2.26. The molecule has 1 fully saturated rings. The number of likely N-dealkylation sites (tertiary alicyclic amines) is 1. The highest BCUT2D eigenvalue weighted by Crippen LogP contribution is 2.31. The summed E-state index contributed by atoms with van der Waals surface area (Å²) in [5.41, 5.74) is 2.07. The molecule has 0 radical (unpaired) electrons. The van der Waals surface area contributed by atoms with Crippen LogP contribution in [0.1, 0.15) is 24.3 Å². The van der Waals surface area contributed by atoms with E-state index in [9.17, 15) is 4.79 Å². The predicted molar refractivity (Wildman–Crippen MR) is 137 cm³/mol. The number of rotatable bonds is 11. The van der Waals surface area contributed by atoms with E-state index in [4.69, 9.17) is 14.0 Å². The summed E-state index contributed by atoms with van der Waals surface area (Å²) in [6, 6.07) is 15.9. The van der Waals surface area contributed by atoms with Crippen molar-refractivity contribution in [1.29, 1.82) is 0 Å². The van der Waals surface area contributed by atoms with Crippen LogP contribution in [0.4, 0.5) is 0 Å². The Kier molecular flexibility index (Phi) is 8.91. The summed E-state index contributed by atoms with van der Waals surface area (Å²) < 4.78 is 16.1. The lowest BCUT2D eigenvalue weighted by molar-refractivity contribution is -0.126. The van der Waals surface area contributed by atoms with Crippen LogP contribution in [-0.2, 0) is 17.9 Å². The van der Waals surface area contributed by atoms with Crippen LogP contribution in [0.2, 0.25) is 0 Å². The Morgan fingerprint density at radius 2 is 1.86 bits per heavy atom. The third-order valence-corrected chi connectivity index (χ3v) is 6.52. The fourth-order valence-electron chi connectivity index (χ4n) is 4.44. The predicted octanol–water partition coefficient (Wildman–Crippen LogP) is 3.21. The molecule has 0 spiro atoms. The summed E-state index contributed by atoms with van der Waals surface area (Å²) in [5.74, 6) is 2.53. The standard InChI is InChI=1S/C27H35N5O4/c1-31(18-20-7-5-4-6-8-20)16-13-28-27(33)21-11-14-32(15-12-21)19-25-29-26(30-36-25)22-9-10-23(34-2)24(17-22)35-3/h4-10,17,21H,11-16,18-19H2,1-3H3,(H,28,33). The molecule has 0 aliphatic carbocycles. The van der Waals surface area contributed by atoms with Crippen molar-refractivity contribution in [3.63, 3.8) is 0 Å². The van der Waals surface area contributed by atoms with Gasteiger partial charge in [0.15, 0.2) is 11.5 Å². The van der Waals surface area contributed by atoms with Crippen LogP contribution in [0, 0.1) is 5.92 Å². The molecule has 0 unspecified atom stereocenters. The normalized spacial score (nSPS) is 14.7. The summed E-state index contributed by atoms with van der Waals surface area (Å²) >= 11 is 0. The number of methoxy groups -OCH3 is 2. The first-order valence-corrected chi connectivity index (χ1v) is 12.3. The average molecular weight is 494 g/mol. The van der Waals surface area contributed by atoms with Crippen molar-refractivity contribution in [2.45, 2.75) is 25.9 Å². The lowest BCUT2D eigenvalue weighted by Crippen LogP contribution is -2.42. The number of nitrogens with zero attached hydrogens (tertiary/aromatic N) is 4. The fraction of sp³-hybridized carbons (Fsp3) is 0.444. The Morgan fingerprint density at radius 1 is 1.11 bits per heavy atom. The minimum Gasteiger partial charge on any atom is -0.493 e. The minimum absolute atomic E-state index is 0.0469. The van der Waals surface area contributed by atoms with Crippen molar-refractivity contribution in [2.75, 3.05) is 47.4 Å². The smallest absolute Gasteiger partial charge is 0.241 e. The van der Waals surface area contributed by atoms with Crippen molar-refractivity contribution in [2.24, 2.45) is 5.92 Å². The van der Waals surface area contributed by atoms with Gasteiger partial charge in [0.1, 0.15) is 0 Å². The number of carbonyl (C=O) groups excluding carboxylic acids is 1. The number of likely N-dealkylation sites (N-methyl/N-ethyl adjacent to an activating group) is 1. The monoisotopic (exact) mass is 493 g/mol. The third kappa shape index (κ3) is 6.83. The Labute approximate surface area is 212 Å². The molecule has 1 aliphatic rings. The first-order valence-electron chi connectivity index (χ1n) is 12.3. The molecule has 192 valence electrons. The van der Waals surface area contributed by atoms with Crippen LogP contribution in [0.15, 0.2) is 53.1 Å². The Balaban J connectivity index is 1.19. The summed E-state index contributed by atoms with van der Waals surface area (Å²) in [7, 11) is 5.27. The van der Waals surface area contributed by atoms with Gasteiger partial charge in [-0.1, -0.05) is 35.5 Å². The van der Waals surface area contributed by atoms with Crippen LogP contribution in [0.5, 0.6) is 11.5 Å². The van der Waals surface area contributed by atoms with Gasteiger partial charge in [-0.3, -0.25) is 9.69 Å². The largest absolute Gasteiger partial charge is 0.493 e. The van der Waals surface area contributed by atoms with E-state index in [0.29, 0.717) is 36.3 Å². The first kappa shape index (κ1) is 25.7. The van der Waals surface area contributed by atoms with Crippen LogP contribution in [0.3, 0.4) is 0 Å². The Hall–Kier alpha value is -3.43. The maximum atomic E-state index is 12.7. The molecule has 1 aliphatic heterocycles. The van der Waals surface area contributed by atoms with E-state index < -0.39 is 0 Å². The Bertz CT molecular complexity index is 1110. The molecule has 0 saturated carbocycles. The van der Waals surface area contributed by atoms with Crippen molar-refractivity contribution in [3.8, 4) is 22.9 Å². The van der Waals surface area contributed by atoms with Crippen molar-refractivity contribution >= 4 is 5.91 Å². The zero-order chi connectivity index (χ0) is 25.3. The van der Waals surface area contributed by atoms with Gasteiger partial charge in [-0.15, -0.1) is 0 Å². The molecule has 2 aromatic carbocycles. The summed E-state index contributed by atoms with van der Waals surface area (Å²) in [4.78, 5) is 21.7. The zero-order valence-electron chi connectivity index (χ0n) is 21.3. The van der Waals surface area contributed by atoms with Gasteiger partial charge in [0.25, 0.3) is 0 Å². The van der Waals surface area contributed by atoms with Crippen molar-refractivity contribution in [1.82, 2.24) is 25.3 Å². The van der Waals surface area contributed by atoms with E-state index in [1.807, 2.05) is 36.4 Å². The molecule has 36 heavy (non-hydrogen) atoms. The molecule has 1 saturated heterocycles. The molecule has 4 rings (SSSR count). The molecular weight excluding hydrogens is 458 g/mol. The quantitative estimate of drug-likeness (QED) is 0.435. The van der Waals surface area contributed by atoms with E-state index in [2.05, 4.69) is 44.4 Å². The number of hydrogen-bond donors (Lipinski definition) is 1. The van der Waals surface area contributed by atoms with Gasteiger partial charge >= 0.3 is 0 Å². The second-order valence-corrected chi connectivity index (χ2v) is 9.15. The number of amides is 1. The van der Waals surface area contributed by atoms with Crippen LogP contribution in [-0.4, -0.2) is 73.3 Å². The summed E-state index contributed by atoms with van der Waals surface area (Å²) in [5, 5.41) is 7.24. The molecule has 9 heteroatoms. The van der Waals surface area contributed by atoms with E-state index in [1.165, 1.54) is 5.56 Å². The lowest BCUT2D eigenvalue weighted by atomic mass is 9.96. The van der Waals surface area contributed by atoms with Gasteiger partial charge in [-0.05, 0) is 56.7 Å². The van der Waals surface area contributed by atoms with E-state index in [0.717, 1.165) is 44.6 Å². The zero-order valence-corrected chi connectivity index (χ0v) is 21.3. The molecule has 1 N–H and O–H groups in total. The van der Waals surface area contributed by atoms with E-state index in [1.54, 1.807) is 14.2 Å². The second-order valence-electron chi connectivity index (χ2n) is 9.15. The topological polar surface area (TPSA) is 93.0 Å². The number of ether oxygens (including phenoxy) is 2. The molecule has 9 nitrogen and oxygen atoms in total. The molecule has 0 bridgehead atoms. The maximum Gasteiger partial charge on any atom is 0.241 e. The van der Waals surface area contributed by atoms with E-state index >= 15 is 0 Å². The van der Waals surface area contributed by atoms with Crippen molar-refractivity contribution in [3.05, 3.63) is 60.0 Å². The van der Waals surface area contributed by atoms with Gasteiger partial charge < -0.3 is 24.2 Å². The van der Waals surface area contributed by atoms with E-state index in [-0.39, 0.29) is 11.8 Å². The molecule has 1 aromatic heterocycles. The maximum absolute atomic E-state index is 12.7. The van der Waals surface area contributed by atoms with Gasteiger partial charge in [-0.2, -0.15) is 4.98 Å². The van der Waals surface area contributed by atoms with Gasteiger partial charge in [0.2, 0.25) is 17.6 Å². The number of piperidine rings is 1. The van der Waals surface area contributed by atoms with Crippen LogP contribution >= 0.6 is 0 Å². The van der Waals surface area contributed by atoms with Gasteiger partial charge in [0, 0.05) is 31.1 Å². The Morgan fingerprint density at radius 3 is 2.58 bits per heavy atom.